The van der Waals surface area contributed by atoms with Crippen molar-refractivity contribution in [3.05, 3.63) is 35.5 Å². The molecule has 1 unspecified atom stereocenters. The van der Waals surface area contributed by atoms with E-state index in [9.17, 15) is 20.4 Å². The summed E-state index contributed by atoms with van der Waals surface area (Å²) < 4.78 is 0. The first-order valence-corrected chi connectivity index (χ1v) is 12.3. The van der Waals surface area contributed by atoms with Gasteiger partial charge >= 0.3 is 0 Å². The zero-order valence-corrected chi connectivity index (χ0v) is 20.0. The molecule has 0 aromatic rings. The van der Waals surface area contributed by atoms with E-state index in [1.54, 1.807) is 0 Å². The van der Waals surface area contributed by atoms with Crippen LogP contribution in [-0.4, -0.2) is 44.3 Å². The van der Waals surface area contributed by atoms with E-state index in [-0.39, 0.29) is 17.4 Å². The third kappa shape index (κ3) is 5.52. The molecule has 0 bridgehead atoms. The van der Waals surface area contributed by atoms with Crippen LogP contribution in [0.5, 0.6) is 0 Å². The summed E-state index contributed by atoms with van der Waals surface area (Å²) in [4.78, 5) is 0. The maximum absolute atomic E-state index is 11.1. The molecule has 7 atom stereocenters. The van der Waals surface area contributed by atoms with Crippen molar-refractivity contribution in [1.29, 1.82) is 0 Å². The quantitative estimate of drug-likeness (QED) is 0.491. The average molecular weight is 433 g/mol. The molecule has 3 aliphatic carbocycles. The second kappa shape index (κ2) is 9.51. The Morgan fingerprint density at radius 3 is 2.58 bits per heavy atom. The van der Waals surface area contributed by atoms with E-state index in [1.807, 2.05) is 13.8 Å². The third-order valence-electron chi connectivity index (χ3n) is 8.40. The van der Waals surface area contributed by atoms with Crippen LogP contribution >= 0.6 is 0 Å². The highest BCUT2D eigenvalue weighted by Crippen LogP contribution is 2.60. The fraction of sp³-hybridized carbons (Fsp3) is 0.778. The standard InChI is InChI=1S/C27H44O4/c1-17(8-6-12-26(3,4)31)25-24(30)16-22-19(9-7-13-27(22,25)5)10-11-20-14-21(28)15-23(29)18(20)2/h10-11,17,21-25,28-31H,2,6-9,12-16H2,1,3-5H3/b19-10+,20-11+/t17-,21-,22+,23+,24?,25+,27-/m1/s1. The number of rotatable bonds is 6. The van der Waals surface area contributed by atoms with Gasteiger partial charge in [0.2, 0.25) is 0 Å². The molecule has 0 aliphatic heterocycles. The molecule has 3 rings (SSSR count). The SMILES string of the molecule is C=C1/C(=C/C=C2\CCC[C@@]3(C)[C@@H]([C@H](C)CCCC(C)(C)O)C(O)C[C@@H]23)C[C@@H](O)C[C@@H]1O. The Morgan fingerprint density at radius 1 is 1.19 bits per heavy atom. The Hall–Kier alpha value is -0.940. The second-order valence-corrected chi connectivity index (χ2v) is 11.5. The third-order valence-corrected chi connectivity index (χ3v) is 8.40. The lowest BCUT2D eigenvalue weighted by atomic mass is 9.60. The number of hydrogen-bond donors (Lipinski definition) is 4. The zero-order valence-electron chi connectivity index (χ0n) is 20.0. The molecule has 0 spiro atoms. The van der Waals surface area contributed by atoms with Gasteiger partial charge in [-0.3, -0.25) is 0 Å². The van der Waals surface area contributed by atoms with Gasteiger partial charge < -0.3 is 20.4 Å². The van der Waals surface area contributed by atoms with Crippen LogP contribution in [0.2, 0.25) is 0 Å². The van der Waals surface area contributed by atoms with Gasteiger partial charge in [-0.05, 0) is 86.7 Å². The van der Waals surface area contributed by atoms with Crippen LogP contribution in [-0.2, 0) is 0 Å². The van der Waals surface area contributed by atoms with Crippen LogP contribution in [0.1, 0.15) is 85.5 Å². The molecule has 4 N–H and O–H groups in total. The van der Waals surface area contributed by atoms with Gasteiger partial charge in [0.05, 0.1) is 23.9 Å². The predicted molar refractivity (Wildman–Crippen MR) is 125 cm³/mol. The molecular weight excluding hydrogens is 388 g/mol. The highest BCUT2D eigenvalue weighted by Gasteiger charge is 2.54. The van der Waals surface area contributed by atoms with Gasteiger partial charge in [0.25, 0.3) is 0 Å². The summed E-state index contributed by atoms with van der Waals surface area (Å²) in [7, 11) is 0. The maximum Gasteiger partial charge on any atom is 0.0811 e. The first-order valence-electron chi connectivity index (χ1n) is 12.3. The summed E-state index contributed by atoms with van der Waals surface area (Å²) in [5, 5.41) is 41.3. The minimum atomic E-state index is -0.660. The average Bonchev–Trinajstić information content (AvgIpc) is 2.92. The number of aliphatic hydroxyl groups is 4. The Kier molecular flexibility index (Phi) is 7.57. The normalized spacial score (nSPS) is 40.4. The largest absolute Gasteiger partial charge is 0.393 e. The molecule has 0 amide bonds. The molecule has 0 heterocycles. The van der Waals surface area contributed by atoms with Gasteiger partial charge in [0, 0.05) is 6.42 Å². The van der Waals surface area contributed by atoms with E-state index in [1.165, 1.54) is 5.57 Å². The van der Waals surface area contributed by atoms with Crippen LogP contribution in [0.15, 0.2) is 35.5 Å². The van der Waals surface area contributed by atoms with Crippen LogP contribution in [0.25, 0.3) is 0 Å². The van der Waals surface area contributed by atoms with Crippen molar-refractivity contribution in [3.8, 4) is 0 Å². The van der Waals surface area contributed by atoms with Crippen LogP contribution in [0, 0.1) is 23.2 Å². The van der Waals surface area contributed by atoms with Crippen LogP contribution < -0.4 is 0 Å². The lowest BCUT2D eigenvalue weighted by Crippen LogP contribution is -2.38. The van der Waals surface area contributed by atoms with E-state index in [4.69, 9.17) is 0 Å². The number of fused-ring (bicyclic) bond motifs is 1. The minimum absolute atomic E-state index is 0.0960. The summed E-state index contributed by atoms with van der Waals surface area (Å²) in [6.07, 6.45) is 10.7. The van der Waals surface area contributed by atoms with Gasteiger partial charge in [0.1, 0.15) is 0 Å². The van der Waals surface area contributed by atoms with E-state index in [0.717, 1.165) is 56.1 Å². The summed E-state index contributed by atoms with van der Waals surface area (Å²) >= 11 is 0. The summed E-state index contributed by atoms with van der Waals surface area (Å²) in [6.45, 7) is 12.4. The molecule has 0 saturated heterocycles. The smallest absolute Gasteiger partial charge is 0.0811 e. The molecule has 0 aromatic heterocycles. The molecule has 4 nitrogen and oxygen atoms in total. The molecule has 3 fully saturated rings. The highest BCUT2D eigenvalue weighted by molar-refractivity contribution is 5.38. The highest BCUT2D eigenvalue weighted by atomic mass is 16.3. The maximum atomic E-state index is 11.1. The van der Waals surface area contributed by atoms with Gasteiger partial charge in [-0.15, -0.1) is 0 Å². The molecule has 176 valence electrons. The number of hydrogen-bond acceptors (Lipinski definition) is 4. The number of aliphatic hydroxyl groups excluding tert-OH is 3. The van der Waals surface area contributed by atoms with E-state index < -0.39 is 17.8 Å². The molecule has 3 saturated carbocycles. The van der Waals surface area contributed by atoms with Crippen LogP contribution in [0.4, 0.5) is 0 Å². The summed E-state index contributed by atoms with van der Waals surface area (Å²) in [6, 6.07) is 0. The van der Waals surface area contributed by atoms with E-state index in [2.05, 4.69) is 32.6 Å². The number of allylic oxidation sites excluding steroid dienone is 3. The van der Waals surface area contributed by atoms with E-state index in [0.29, 0.717) is 24.7 Å². The van der Waals surface area contributed by atoms with Crippen molar-refractivity contribution in [2.24, 2.45) is 23.2 Å². The minimum Gasteiger partial charge on any atom is -0.393 e. The van der Waals surface area contributed by atoms with Crippen LogP contribution in [0.3, 0.4) is 0 Å². The van der Waals surface area contributed by atoms with Crippen molar-refractivity contribution in [3.63, 3.8) is 0 Å². The molecule has 31 heavy (non-hydrogen) atoms. The lowest BCUT2D eigenvalue weighted by molar-refractivity contribution is 0.0223. The van der Waals surface area contributed by atoms with Gasteiger partial charge in [-0.25, -0.2) is 0 Å². The van der Waals surface area contributed by atoms with Crippen molar-refractivity contribution >= 4 is 0 Å². The van der Waals surface area contributed by atoms with Crippen molar-refractivity contribution in [2.45, 2.75) is 109 Å². The monoisotopic (exact) mass is 432 g/mol. The van der Waals surface area contributed by atoms with Gasteiger partial charge in [-0.2, -0.15) is 0 Å². The lowest BCUT2D eigenvalue weighted by Gasteiger charge is -2.44. The molecular formula is C27H44O4. The second-order valence-electron chi connectivity index (χ2n) is 11.5. The molecule has 4 heteroatoms. The van der Waals surface area contributed by atoms with Crippen molar-refractivity contribution in [2.75, 3.05) is 0 Å². The van der Waals surface area contributed by atoms with Gasteiger partial charge in [0.15, 0.2) is 0 Å². The Labute approximate surface area is 188 Å². The fourth-order valence-corrected chi connectivity index (χ4v) is 6.82. The Bertz CT molecular complexity index is 715. The molecule has 3 aliphatic rings. The summed E-state index contributed by atoms with van der Waals surface area (Å²) in [5.74, 6) is 1.08. The first-order chi connectivity index (χ1) is 14.4. The topological polar surface area (TPSA) is 80.9 Å². The zero-order chi connectivity index (χ0) is 23.0. The van der Waals surface area contributed by atoms with Crippen molar-refractivity contribution < 1.29 is 20.4 Å². The van der Waals surface area contributed by atoms with Crippen molar-refractivity contribution in [1.82, 2.24) is 0 Å². The Morgan fingerprint density at radius 2 is 1.90 bits per heavy atom. The molecule has 0 aromatic carbocycles. The predicted octanol–water partition coefficient (Wildman–Crippen LogP) is 4.68. The summed E-state index contributed by atoms with van der Waals surface area (Å²) in [5.41, 5.74) is 2.54. The van der Waals surface area contributed by atoms with E-state index >= 15 is 0 Å². The molecule has 0 radical (unpaired) electrons. The fourth-order valence-electron chi connectivity index (χ4n) is 6.82. The van der Waals surface area contributed by atoms with Gasteiger partial charge in [-0.1, -0.05) is 51.0 Å². The Balaban J connectivity index is 1.75. The first kappa shape index (κ1) is 24.7.